The number of halogens is 1. The average molecular weight is 290 g/mol. The Balaban J connectivity index is 2.30. The second-order valence-electron chi connectivity index (χ2n) is 4.27. The maximum Gasteiger partial charge on any atom is 0.335 e. The number of carboxylic acids is 1. The number of hydrogen-bond donors (Lipinski definition) is 2. The standard InChI is InChI=1S/C15H12ClNO3/c1-9-6-7-10(15(19)20)8-13(9)17-14(18)11-4-2-3-5-12(11)16/h2-8H,1H3,(H,17,18)(H,19,20). The van der Waals surface area contributed by atoms with Crippen LogP contribution in [0, 0.1) is 6.92 Å². The molecule has 2 rings (SSSR count). The second kappa shape index (κ2) is 5.75. The molecule has 0 aliphatic rings. The van der Waals surface area contributed by atoms with Crippen LogP contribution in [0.15, 0.2) is 42.5 Å². The largest absolute Gasteiger partial charge is 0.478 e. The third-order valence-corrected chi connectivity index (χ3v) is 3.18. The Morgan fingerprint density at radius 2 is 1.85 bits per heavy atom. The molecule has 2 aromatic carbocycles. The molecule has 5 heteroatoms. The summed E-state index contributed by atoms with van der Waals surface area (Å²) in [6.45, 7) is 1.79. The maximum absolute atomic E-state index is 12.1. The number of aryl methyl sites for hydroxylation is 1. The molecule has 0 heterocycles. The lowest BCUT2D eigenvalue weighted by Gasteiger charge is -2.10. The lowest BCUT2D eigenvalue weighted by Crippen LogP contribution is -2.14. The Bertz CT molecular complexity index is 683. The molecule has 0 atom stereocenters. The summed E-state index contributed by atoms with van der Waals surface area (Å²) in [7, 11) is 0. The van der Waals surface area contributed by atoms with Crippen LogP contribution >= 0.6 is 11.6 Å². The van der Waals surface area contributed by atoms with Crippen LogP contribution in [-0.4, -0.2) is 17.0 Å². The van der Waals surface area contributed by atoms with Gasteiger partial charge in [-0.25, -0.2) is 4.79 Å². The van der Waals surface area contributed by atoms with E-state index in [9.17, 15) is 9.59 Å². The Kier molecular flexibility index (Phi) is 4.05. The first-order valence-corrected chi connectivity index (χ1v) is 6.26. The fraction of sp³-hybridized carbons (Fsp3) is 0.0667. The van der Waals surface area contributed by atoms with Crippen molar-refractivity contribution in [3.05, 3.63) is 64.2 Å². The van der Waals surface area contributed by atoms with Crippen LogP contribution in [0.3, 0.4) is 0 Å². The van der Waals surface area contributed by atoms with Crippen LogP contribution in [0.5, 0.6) is 0 Å². The van der Waals surface area contributed by atoms with Gasteiger partial charge in [-0.2, -0.15) is 0 Å². The predicted octanol–water partition coefficient (Wildman–Crippen LogP) is 3.60. The molecule has 20 heavy (non-hydrogen) atoms. The highest BCUT2D eigenvalue weighted by atomic mass is 35.5. The summed E-state index contributed by atoms with van der Waals surface area (Å²) < 4.78 is 0. The van der Waals surface area contributed by atoms with E-state index in [2.05, 4.69) is 5.32 Å². The van der Waals surface area contributed by atoms with Crippen molar-refractivity contribution in [2.24, 2.45) is 0 Å². The van der Waals surface area contributed by atoms with E-state index < -0.39 is 5.97 Å². The fourth-order valence-electron chi connectivity index (χ4n) is 1.72. The Morgan fingerprint density at radius 1 is 1.15 bits per heavy atom. The van der Waals surface area contributed by atoms with Crippen molar-refractivity contribution in [1.82, 2.24) is 0 Å². The third kappa shape index (κ3) is 2.97. The van der Waals surface area contributed by atoms with Gasteiger partial charge < -0.3 is 10.4 Å². The number of amides is 1. The van der Waals surface area contributed by atoms with Gasteiger partial charge >= 0.3 is 5.97 Å². The summed E-state index contributed by atoms with van der Waals surface area (Å²) in [5.41, 5.74) is 1.68. The molecule has 1 amide bonds. The average Bonchev–Trinajstić information content (AvgIpc) is 2.41. The molecular formula is C15H12ClNO3. The monoisotopic (exact) mass is 289 g/mol. The number of anilines is 1. The molecule has 0 spiro atoms. The number of carbonyl (C=O) groups is 2. The summed E-state index contributed by atoms with van der Waals surface area (Å²) in [6.07, 6.45) is 0. The second-order valence-corrected chi connectivity index (χ2v) is 4.68. The van der Waals surface area contributed by atoms with E-state index in [1.54, 1.807) is 37.3 Å². The van der Waals surface area contributed by atoms with Crippen LogP contribution in [-0.2, 0) is 0 Å². The van der Waals surface area contributed by atoms with E-state index in [0.29, 0.717) is 16.3 Å². The molecule has 0 bridgehead atoms. The van der Waals surface area contributed by atoms with Gasteiger partial charge in [0.1, 0.15) is 0 Å². The van der Waals surface area contributed by atoms with Crippen LogP contribution in [0.1, 0.15) is 26.3 Å². The number of aromatic carboxylic acids is 1. The summed E-state index contributed by atoms with van der Waals surface area (Å²) in [5.74, 6) is -1.42. The van der Waals surface area contributed by atoms with Crippen molar-refractivity contribution < 1.29 is 14.7 Å². The molecular weight excluding hydrogens is 278 g/mol. The molecule has 0 fully saturated rings. The molecule has 0 unspecified atom stereocenters. The SMILES string of the molecule is Cc1ccc(C(=O)O)cc1NC(=O)c1ccccc1Cl. The highest BCUT2D eigenvalue weighted by molar-refractivity contribution is 6.34. The molecule has 0 aliphatic carbocycles. The first-order valence-electron chi connectivity index (χ1n) is 5.89. The Morgan fingerprint density at radius 3 is 2.50 bits per heavy atom. The summed E-state index contributed by atoms with van der Waals surface area (Å²) >= 11 is 5.95. The molecule has 0 radical (unpaired) electrons. The molecule has 0 aromatic heterocycles. The maximum atomic E-state index is 12.1. The van der Waals surface area contributed by atoms with Crippen LogP contribution in [0.25, 0.3) is 0 Å². The smallest absolute Gasteiger partial charge is 0.335 e. The number of carbonyl (C=O) groups excluding carboxylic acids is 1. The molecule has 0 aliphatic heterocycles. The minimum Gasteiger partial charge on any atom is -0.478 e. The molecule has 102 valence electrons. The van der Waals surface area contributed by atoms with E-state index in [0.717, 1.165) is 5.56 Å². The van der Waals surface area contributed by atoms with E-state index in [1.165, 1.54) is 12.1 Å². The molecule has 0 saturated heterocycles. The van der Waals surface area contributed by atoms with Gasteiger partial charge in [0.15, 0.2) is 0 Å². The van der Waals surface area contributed by atoms with Crippen LogP contribution in [0.2, 0.25) is 5.02 Å². The molecule has 2 aromatic rings. The molecule has 4 nitrogen and oxygen atoms in total. The van der Waals surface area contributed by atoms with E-state index in [1.807, 2.05) is 0 Å². The zero-order chi connectivity index (χ0) is 14.7. The molecule has 2 N–H and O–H groups in total. The molecule has 0 saturated carbocycles. The third-order valence-electron chi connectivity index (χ3n) is 2.85. The quantitative estimate of drug-likeness (QED) is 0.907. The number of nitrogens with one attached hydrogen (secondary N) is 1. The van der Waals surface area contributed by atoms with Crippen molar-refractivity contribution in [3.63, 3.8) is 0 Å². The van der Waals surface area contributed by atoms with Crippen LogP contribution in [0.4, 0.5) is 5.69 Å². The van der Waals surface area contributed by atoms with E-state index in [-0.39, 0.29) is 11.5 Å². The lowest BCUT2D eigenvalue weighted by atomic mass is 10.1. The summed E-state index contributed by atoms with van der Waals surface area (Å²) in [6, 6.07) is 11.2. The zero-order valence-corrected chi connectivity index (χ0v) is 11.4. The summed E-state index contributed by atoms with van der Waals surface area (Å²) in [4.78, 5) is 23.1. The van der Waals surface area contributed by atoms with Gasteiger partial charge in [0.25, 0.3) is 5.91 Å². The fourth-order valence-corrected chi connectivity index (χ4v) is 1.95. The minimum atomic E-state index is -1.04. The van der Waals surface area contributed by atoms with Gasteiger partial charge in [-0.05, 0) is 36.8 Å². The van der Waals surface area contributed by atoms with Crippen molar-refractivity contribution >= 4 is 29.2 Å². The van der Waals surface area contributed by atoms with Crippen molar-refractivity contribution in [2.45, 2.75) is 6.92 Å². The van der Waals surface area contributed by atoms with Gasteiger partial charge in [-0.3, -0.25) is 4.79 Å². The van der Waals surface area contributed by atoms with Crippen molar-refractivity contribution in [1.29, 1.82) is 0 Å². The van der Waals surface area contributed by atoms with E-state index in [4.69, 9.17) is 16.7 Å². The van der Waals surface area contributed by atoms with Crippen LogP contribution < -0.4 is 5.32 Å². The highest BCUT2D eigenvalue weighted by Crippen LogP contribution is 2.20. The first-order chi connectivity index (χ1) is 9.49. The normalized spacial score (nSPS) is 10.1. The lowest BCUT2D eigenvalue weighted by molar-refractivity contribution is 0.0696. The number of rotatable bonds is 3. The van der Waals surface area contributed by atoms with Gasteiger partial charge in [0.05, 0.1) is 16.1 Å². The van der Waals surface area contributed by atoms with Gasteiger partial charge in [0.2, 0.25) is 0 Å². The Hall–Kier alpha value is -2.33. The topological polar surface area (TPSA) is 66.4 Å². The Labute approximate surface area is 121 Å². The number of carboxylic acid groups (broad SMARTS) is 1. The van der Waals surface area contributed by atoms with Gasteiger partial charge in [-0.1, -0.05) is 29.8 Å². The van der Waals surface area contributed by atoms with E-state index >= 15 is 0 Å². The minimum absolute atomic E-state index is 0.116. The highest BCUT2D eigenvalue weighted by Gasteiger charge is 2.12. The number of hydrogen-bond acceptors (Lipinski definition) is 2. The summed E-state index contributed by atoms with van der Waals surface area (Å²) in [5, 5.41) is 12.0. The zero-order valence-electron chi connectivity index (χ0n) is 10.7. The predicted molar refractivity (Wildman–Crippen MR) is 77.5 cm³/mol. The van der Waals surface area contributed by atoms with Crippen molar-refractivity contribution in [2.75, 3.05) is 5.32 Å². The van der Waals surface area contributed by atoms with Gasteiger partial charge in [0, 0.05) is 5.69 Å². The van der Waals surface area contributed by atoms with Gasteiger partial charge in [-0.15, -0.1) is 0 Å². The van der Waals surface area contributed by atoms with Crippen molar-refractivity contribution in [3.8, 4) is 0 Å². The first kappa shape index (κ1) is 14.1. The number of benzene rings is 2.